The van der Waals surface area contributed by atoms with Crippen molar-refractivity contribution in [3.63, 3.8) is 0 Å². The number of nitrogens with one attached hydrogen (secondary N) is 1. The lowest BCUT2D eigenvalue weighted by Crippen LogP contribution is -2.24. The molecule has 0 aliphatic rings. The highest BCUT2D eigenvalue weighted by Gasteiger charge is 2.05. The zero-order chi connectivity index (χ0) is 16.7. The summed E-state index contributed by atoms with van der Waals surface area (Å²) in [6.07, 6.45) is 1.31. The maximum Gasteiger partial charge on any atom is 0.277 e. The number of hydrogen-bond donors (Lipinski definition) is 1. The van der Waals surface area contributed by atoms with E-state index >= 15 is 0 Å². The minimum atomic E-state index is -0.507. The van der Waals surface area contributed by atoms with Gasteiger partial charge in [-0.15, -0.1) is 0 Å². The maximum absolute atomic E-state index is 11.6. The van der Waals surface area contributed by atoms with E-state index in [0.29, 0.717) is 16.3 Å². The van der Waals surface area contributed by atoms with Crippen LogP contribution in [0.2, 0.25) is 5.02 Å². The summed E-state index contributed by atoms with van der Waals surface area (Å²) in [5.41, 5.74) is 2.70. The first-order valence-corrected chi connectivity index (χ1v) is 6.88. The van der Waals surface area contributed by atoms with E-state index < -0.39 is 10.8 Å². The van der Waals surface area contributed by atoms with Crippen molar-refractivity contribution in [2.75, 3.05) is 6.61 Å². The Morgan fingerprint density at radius 3 is 2.83 bits per heavy atom. The van der Waals surface area contributed by atoms with E-state index in [4.69, 9.17) is 16.3 Å². The van der Waals surface area contributed by atoms with Gasteiger partial charge in [-0.05, 0) is 12.1 Å². The van der Waals surface area contributed by atoms with Crippen LogP contribution in [0.1, 0.15) is 5.56 Å². The van der Waals surface area contributed by atoms with Crippen molar-refractivity contribution in [2.45, 2.75) is 0 Å². The normalized spacial score (nSPS) is 10.5. The second-order valence-electron chi connectivity index (χ2n) is 4.36. The van der Waals surface area contributed by atoms with Crippen molar-refractivity contribution in [2.24, 2.45) is 5.10 Å². The third-order valence-electron chi connectivity index (χ3n) is 2.68. The van der Waals surface area contributed by atoms with E-state index in [0.717, 1.165) is 0 Å². The molecule has 0 bridgehead atoms. The van der Waals surface area contributed by atoms with Gasteiger partial charge in [0.05, 0.1) is 16.2 Å². The fourth-order valence-corrected chi connectivity index (χ4v) is 1.83. The van der Waals surface area contributed by atoms with E-state index in [1.165, 1.54) is 24.4 Å². The third kappa shape index (κ3) is 5.08. The van der Waals surface area contributed by atoms with Crippen LogP contribution in [-0.2, 0) is 4.79 Å². The minimum Gasteiger partial charge on any atom is -0.482 e. The molecule has 0 atom stereocenters. The van der Waals surface area contributed by atoms with Gasteiger partial charge in [-0.3, -0.25) is 14.9 Å². The van der Waals surface area contributed by atoms with Crippen LogP contribution in [0, 0.1) is 10.1 Å². The Bertz CT molecular complexity index is 749. The standard InChI is InChI=1S/C15H12ClN3O4/c16-13-6-1-2-7-14(13)23-10-15(20)18-17-9-11-4-3-5-12(8-11)19(21)22/h1-9H,10H2,(H,18,20)/b17-9+. The van der Waals surface area contributed by atoms with Crippen LogP contribution in [0.15, 0.2) is 53.6 Å². The first kappa shape index (κ1) is 16.4. The molecule has 0 fully saturated rings. The van der Waals surface area contributed by atoms with Crippen LogP contribution in [0.3, 0.4) is 0 Å². The highest BCUT2D eigenvalue weighted by Crippen LogP contribution is 2.22. The van der Waals surface area contributed by atoms with Crippen LogP contribution in [-0.4, -0.2) is 23.7 Å². The van der Waals surface area contributed by atoms with Crippen LogP contribution in [0.25, 0.3) is 0 Å². The van der Waals surface area contributed by atoms with Gasteiger partial charge in [-0.25, -0.2) is 5.43 Å². The Kier molecular flexibility index (Phi) is 5.65. The Morgan fingerprint density at radius 1 is 1.30 bits per heavy atom. The highest BCUT2D eigenvalue weighted by atomic mass is 35.5. The number of nitrogens with zero attached hydrogens (tertiary/aromatic N) is 2. The number of para-hydroxylation sites is 1. The molecule has 118 valence electrons. The molecule has 0 unspecified atom stereocenters. The van der Waals surface area contributed by atoms with Crippen LogP contribution in [0.5, 0.6) is 5.75 Å². The summed E-state index contributed by atoms with van der Waals surface area (Å²) >= 11 is 5.89. The van der Waals surface area contributed by atoms with Gasteiger partial charge in [-0.2, -0.15) is 5.10 Å². The molecule has 1 N–H and O–H groups in total. The number of rotatable bonds is 6. The van der Waals surface area contributed by atoms with E-state index in [1.807, 2.05) is 0 Å². The number of nitro groups is 1. The van der Waals surface area contributed by atoms with Crippen molar-refractivity contribution in [1.29, 1.82) is 0 Å². The topological polar surface area (TPSA) is 93.8 Å². The van der Waals surface area contributed by atoms with Gasteiger partial charge in [0.1, 0.15) is 5.75 Å². The number of amides is 1. The van der Waals surface area contributed by atoms with Crippen molar-refractivity contribution in [3.8, 4) is 5.75 Å². The first-order chi connectivity index (χ1) is 11.1. The lowest BCUT2D eigenvalue weighted by molar-refractivity contribution is -0.384. The smallest absolute Gasteiger partial charge is 0.277 e. The SMILES string of the molecule is O=C(COc1ccccc1Cl)N/N=C/c1cccc([N+](=O)[O-])c1. The fourth-order valence-electron chi connectivity index (χ4n) is 1.63. The van der Waals surface area contributed by atoms with Crippen molar-refractivity contribution in [3.05, 3.63) is 69.2 Å². The molecule has 0 spiro atoms. The summed E-state index contributed by atoms with van der Waals surface area (Å²) in [6.45, 7) is -0.254. The van der Waals surface area contributed by atoms with E-state index in [-0.39, 0.29) is 12.3 Å². The molecule has 8 heteroatoms. The number of carbonyl (C=O) groups is 1. The predicted molar refractivity (Wildman–Crippen MR) is 85.8 cm³/mol. The molecule has 0 saturated heterocycles. The summed E-state index contributed by atoms with van der Waals surface area (Å²) in [7, 11) is 0. The molecule has 23 heavy (non-hydrogen) atoms. The van der Waals surface area contributed by atoms with Gasteiger partial charge in [0, 0.05) is 17.7 Å². The molecule has 7 nitrogen and oxygen atoms in total. The minimum absolute atomic E-state index is 0.0534. The first-order valence-electron chi connectivity index (χ1n) is 6.50. The maximum atomic E-state index is 11.6. The number of benzene rings is 2. The Hall–Kier alpha value is -2.93. The summed E-state index contributed by atoms with van der Waals surface area (Å²) in [5.74, 6) is -0.0846. The van der Waals surface area contributed by atoms with E-state index in [2.05, 4.69) is 10.5 Å². The monoisotopic (exact) mass is 333 g/mol. The summed E-state index contributed by atoms with van der Waals surface area (Å²) in [5, 5.41) is 14.8. The van der Waals surface area contributed by atoms with Crippen LogP contribution >= 0.6 is 11.6 Å². The van der Waals surface area contributed by atoms with Crippen LogP contribution in [0.4, 0.5) is 5.69 Å². The number of halogens is 1. The predicted octanol–water partition coefficient (Wildman–Crippen LogP) is 2.78. The summed E-state index contributed by atoms with van der Waals surface area (Å²) in [6, 6.07) is 12.6. The molecule has 0 aliphatic carbocycles. The molecule has 0 aliphatic heterocycles. The van der Waals surface area contributed by atoms with Crippen LogP contribution < -0.4 is 10.2 Å². The summed E-state index contributed by atoms with van der Waals surface area (Å²) < 4.78 is 5.24. The molecule has 2 aromatic carbocycles. The molecule has 0 heterocycles. The van der Waals surface area contributed by atoms with Crippen molar-refractivity contribution in [1.82, 2.24) is 5.43 Å². The Balaban J connectivity index is 1.85. The molecule has 2 rings (SSSR count). The molecule has 1 amide bonds. The number of ether oxygens (including phenoxy) is 1. The second kappa shape index (κ2) is 7.90. The van der Waals surface area contributed by atoms with Crippen molar-refractivity contribution < 1.29 is 14.5 Å². The number of hydrogen-bond acceptors (Lipinski definition) is 5. The molecular formula is C15H12ClN3O4. The largest absolute Gasteiger partial charge is 0.482 e. The van der Waals surface area contributed by atoms with Gasteiger partial charge in [-0.1, -0.05) is 35.9 Å². The quantitative estimate of drug-likeness (QED) is 0.499. The van der Waals surface area contributed by atoms with E-state index in [9.17, 15) is 14.9 Å². The van der Waals surface area contributed by atoms with Gasteiger partial charge in [0.2, 0.25) is 0 Å². The zero-order valence-corrected chi connectivity index (χ0v) is 12.6. The van der Waals surface area contributed by atoms with Gasteiger partial charge in [0.15, 0.2) is 6.61 Å². The van der Waals surface area contributed by atoms with Gasteiger partial charge >= 0.3 is 0 Å². The van der Waals surface area contributed by atoms with E-state index in [1.54, 1.807) is 30.3 Å². The number of non-ortho nitro benzene ring substituents is 1. The average Bonchev–Trinajstić information content (AvgIpc) is 2.54. The lowest BCUT2D eigenvalue weighted by atomic mass is 10.2. The molecule has 0 aromatic heterocycles. The lowest BCUT2D eigenvalue weighted by Gasteiger charge is -2.06. The number of nitro benzene ring substituents is 1. The van der Waals surface area contributed by atoms with Gasteiger partial charge < -0.3 is 4.74 Å². The zero-order valence-electron chi connectivity index (χ0n) is 11.8. The number of hydrazone groups is 1. The molecule has 2 aromatic rings. The molecular weight excluding hydrogens is 322 g/mol. The van der Waals surface area contributed by atoms with Gasteiger partial charge in [0.25, 0.3) is 11.6 Å². The molecule has 0 saturated carbocycles. The Labute approximate surface area is 136 Å². The summed E-state index contributed by atoms with van der Waals surface area (Å²) in [4.78, 5) is 21.7. The van der Waals surface area contributed by atoms with Crippen molar-refractivity contribution >= 4 is 29.4 Å². The Morgan fingerprint density at radius 2 is 2.09 bits per heavy atom. The third-order valence-corrected chi connectivity index (χ3v) is 2.99. The second-order valence-corrected chi connectivity index (χ2v) is 4.77. The average molecular weight is 334 g/mol. The fraction of sp³-hybridized carbons (Fsp3) is 0.0667. The highest BCUT2D eigenvalue weighted by molar-refractivity contribution is 6.32. The molecule has 0 radical (unpaired) electrons. The number of carbonyl (C=O) groups excluding carboxylic acids is 1.